The molecular weight excluding hydrogens is 412 g/mol. The smallest absolute Gasteiger partial charge is 0.251 e. The first-order valence-electron chi connectivity index (χ1n) is 11.4. The maximum Gasteiger partial charge on any atom is 0.251 e. The van der Waals surface area contributed by atoms with E-state index in [2.05, 4.69) is 20.9 Å². The first kappa shape index (κ1) is 23.7. The van der Waals surface area contributed by atoms with Crippen molar-refractivity contribution in [2.24, 2.45) is 4.99 Å². The topological polar surface area (TPSA) is 91.8 Å². The van der Waals surface area contributed by atoms with Crippen molar-refractivity contribution in [3.8, 4) is 0 Å². The largest absolute Gasteiger partial charge is 0.376 e. The molecule has 3 N–H and O–H groups in total. The van der Waals surface area contributed by atoms with Gasteiger partial charge in [0.15, 0.2) is 5.96 Å². The summed E-state index contributed by atoms with van der Waals surface area (Å²) >= 11 is 0. The van der Waals surface area contributed by atoms with E-state index in [-0.39, 0.29) is 23.3 Å². The van der Waals surface area contributed by atoms with Crippen molar-refractivity contribution < 1.29 is 13.7 Å². The molecule has 0 bridgehead atoms. The minimum absolute atomic E-state index is 0.0722. The van der Waals surface area contributed by atoms with Gasteiger partial charge in [0.2, 0.25) is 0 Å². The molecule has 0 radical (unpaired) electrons. The number of hydrogen-bond donors (Lipinski definition) is 3. The molecule has 0 aromatic heterocycles. The molecule has 0 spiro atoms. The molecule has 1 saturated heterocycles. The lowest BCUT2D eigenvalue weighted by atomic mass is 9.95. The normalized spacial score (nSPS) is 25.1. The zero-order chi connectivity index (χ0) is 22.1. The van der Waals surface area contributed by atoms with Crippen molar-refractivity contribution in [2.45, 2.75) is 69.4 Å². The van der Waals surface area contributed by atoms with E-state index >= 15 is 0 Å². The molecule has 1 aromatic rings. The Morgan fingerprint density at radius 3 is 2.84 bits per heavy atom. The number of hydrogen-bond acceptors (Lipinski definition) is 4. The second-order valence-electron chi connectivity index (χ2n) is 8.27. The maximum absolute atomic E-state index is 12.5. The molecule has 4 atom stereocenters. The highest BCUT2D eigenvalue weighted by Crippen LogP contribution is 2.23. The lowest BCUT2D eigenvalue weighted by Gasteiger charge is -2.30. The van der Waals surface area contributed by atoms with E-state index in [1.54, 1.807) is 7.05 Å². The number of carbonyl (C=O) groups is 1. The summed E-state index contributed by atoms with van der Waals surface area (Å²) in [5.74, 6) is 1.39. The zero-order valence-corrected chi connectivity index (χ0v) is 19.5. The van der Waals surface area contributed by atoms with Crippen molar-refractivity contribution in [3.63, 3.8) is 0 Å². The SMILES string of the molecule is CCS(=O)C1CCCC(NC(=NC)NCc2cccc(C(=O)NCC3CCCO3)c2)C1. The Morgan fingerprint density at radius 2 is 2.10 bits per heavy atom. The number of carbonyl (C=O) groups excluding carboxylic acids is 1. The highest BCUT2D eigenvalue weighted by molar-refractivity contribution is 7.85. The van der Waals surface area contributed by atoms with Crippen LogP contribution in [-0.2, 0) is 22.1 Å². The molecule has 1 aromatic carbocycles. The average molecular weight is 449 g/mol. The molecular formula is C23H36N4O3S. The number of aliphatic imine (C=N–C) groups is 1. The molecule has 1 aliphatic heterocycles. The van der Waals surface area contributed by atoms with E-state index in [1.165, 1.54) is 0 Å². The third-order valence-electron chi connectivity index (χ3n) is 6.01. The standard InChI is InChI=1S/C23H36N4O3S/c1-3-31(29)21-11-5-9-19(14-21)27-23(24-2)26-15-17-7-4-8-18(13-17)22(28)25-16-20-10-6-12-30-20/h4,7-8,13,19-21H,3,5-6,9-12,14-16H2,1-2H3,(H,25,28)(H2,24,26,27). The average Bonchev–Trinajstić information content (AvgIpc) is 3.33. The summed E-state index contributed by atoms with van der Waals surface area (Å²) < 4.78 is 17.8. The highest BCUT2D eigenvalue weighted by atomic mass is 32.2. The van der Waals surface area contributed by atoms with Crippen LogP contribution in [0.4, 0.5) is 0 Å². The molecule has 2 fully saturated rings. The lowest BCUT2D eigenvalue weighted by Crippen LogP contribution is -2.46. The van der Waals surface area contributed by atoms with E-state index in [0.717, 1.165) is 62.4 Å². The van der Waals surface area contributed by atoms with Gasteiger partial charge in [-0.05, 0) is 49.8 Å². The zero-order valence-electron chi connectivity index (χ0n) is 18.7. The Balaban J connectivity index is 1.48. The van der Waals surface area contributed by atoms with Crippen LogP contribution in [0, 0.1) is 0 Å². The molecule has 172 valence electrons. The monoisotopic (exact) mass is 448 g/mol. The van der Waals surface area contributed by atoms with E-state index in [1.807, 2.05) is 31.2 Å². The summed E-state index contributed by atoms with van der Waals surface area (Å²) in [6.45, 7) is 3.91. The predicted octanol–water partition coefficient (Wildman–Crippen LogP) is 2.34. The third-order valence-corrected chi connectivity index (χ3v) is 7.75. The Hall–Kier alpha value is -1.93. The van der Waals surface area contributed by atoms with Crippen LogP contribution in [-0.4, -0.2) is 59.4 Å². The lowest BCUT2D eigenvalue weighted by molar-refractivity contribution is 0.0857. The fourth-order valence-electron chi connectivity index (χ4n) is 4.26. The van der Waals surface area contributed by atoms with E-state index in [4.69, 9.17) is 4.74 Å². The van der Waals surface area contributed by atoms with Gasteiger partial charge in [0, 0.05) is 60.2 Å². The molecule has 2 aliphatic rings. The van der Waals surface area contributed by atoms with Crippen LogP contribution < -0.4 is 16.0 Å². The minimum Gasteiger partial charge on any atom is -0.376 e. The first-order chi connectivity index (χ1) is 15.1. The fraction of sp³-hybridized carbons (Fsp3) is 0.652. The van der Waals surface area contributed by atoms with Gasteiger partial charge < -0.3 is 20.7 Å². The van der Waals surface area contributed by atoms with Crippen LogP contribution in [0.15, 0.2) is 29.3 Å². The summed E-state index contributed by atoms with van der Waals surface area (Å²) in [5, 5.41) is 10.1. The van der Waals surface area contributed by atoms with Gasteiger partial charge in [-0.15, -0.1) is 0 Å². The number of nitrogens with zero attached hydrogens (tertiary/aromatic N) is 1. The van der Waals surface area contributed by atoms with Crippen LogP contribution in [0.5, 0.6) is 0 Å². The predicted molar refractivity (Wildman–Crippen MR) is 126 cm³/mol. The van der Waals surface area contributed by atoms with Crippen LogP contribution in [0.3, 0.4) is 0 Å². The van der Waals surface area contributed by atoms with Gasteiger partial charge >= 0.3 is 0 Å². The van der Waals surface area contributed by atoms with Crippen molar-refractivity contribution in [2.75, 3.05) is 26.0 Å². The molecule has 1 saturated carbocycles. The van der Waals surface area contributed by atoms with Gasteiger partial charge in [0.1, 0.15) is 0 Å². The molecule has 8 heteroatoms. The van der Waals surface area contributed by atoms with E-state index in [9.17, 15) is 9.00 Å². The first-order valence-corrected chi connectivity index (χ1v) is 12.8. The second-order valence-corrected chi connectivity index (χ2v) is 10.3. The molecule has 3 rings (SSSR count). The number of guanidine groups is 1. The summed E-state index contributed by atoms with van der Waals surface area (Å²) in [4.78, 5) is 16.8. The summed E-state index contributed by atoms with van der Waals surface area (Å²) in [5.41, 5.74) is 1.67. The van der Waals surface area contributed by atoms with Crippen molar-refractivity contribution in [3.05, 3.63) is 35.4 Å². The Bertz CT molecular complexity index is 780. The summed E-state index contributed by atoms with van der Waals surface area (Å²) in [6, 6.07) is 7.93. The van der Waals surface area contributed by atoms with E-state index in [0.29, 0.717) is 18.7 Å². The quantitative estimate of drug-likeness (QED) is 0.419. The summed E-state index contributed by atoms with van der Waals surface area (Å²) in [7, 11) is 1.02. The minimum atomic E-state index is -0.741. The molecule has 7 nitrogen and oxygen atoms in total. The molecule has 1 heterocycles. The van der Waals surface area contributed by atoms with Gasteiger partial charge in [0.05, 0.1) is 6.10 Å². The maximum atomic E-state index is 12.5. The van der Waals surface area contributed by atoms with Crippen molar-refractivity contribution >= 4 is 22.7 Å². The van der Waals surface area contributed by atoms with Gasteiger partial charge in [0.25, 0.3) is 5.91 Å². The van der Waals surface area contributed by atoms with Gasteiger partial charge in [-0.2, -0.15) is 0 Å². The molecule has 4 unspecified atom stereocenters. The van der Waals surface area contributed by atoms with Crippen LogP contribution >= 0.6 is 0 Å². The number of amides is 1. The second kappa shape index (κ2) is 12.2. The molecule has 31 heavy (non-hydrogen) atoms. The molecule has 1 amide bonds. The van der Waals surface area contributed by atoms with Gasteiger partial charge in [-0.25, -0.2) is 0 Å². The van der Waals surface area contributed by atoms with Gasteiger partial charge in [-0.3, -0.25) is 14.0 Å². The van der Waals surface area contributed by atoms with Gasteiger partial charge in [-0.1, -0.05) is 25.5 Å². The number of ether oxygens (including phenoxy) is 1. The Kier molecular flexibility index (Phi) is 9.33. The van der Waals surface area contributed by atoms with Crippen LogP contribution in [0.1, 0.15) is 61.4 Å². The third kappa shape index (κ3) is 7.31. The Labute approximate surface area is 188 Å². The fourth-order valence-corrected chi connectivity index (χ4v) is 5.61. The van der Waals surface area contributed by atoms with E-state index < -0.39 is 10.8 Å². The number of nitrogens with one attached hydrogen (secondary N) is 3. The Morgan fingerprint density at radius 1 is 1.23 bits per heavy atom. The van der Waals surface area contributed by atoms with Crippen LogP contribution in [0.2, 0.25) is 0 Å². The van der Waals surface area contributed by atoms with Crippen molar-refractivity contribution in [1.82, 2.24) is 16.0 Å². The highest BCUT2D eigenvalue weighted by Gasteiger charge is 2.26. The number of rotatable bonds is 8. The van der Waals surface area contributed by atoms with Crippen LogP contribution in [0.25, 0.3) is 0 Å². The van der Waals surface area contributed by atoms with Crippen molar-refractivity contribution in [1.29, 1.82) is 0 Å². The summed E-state index contributed by atoms with van der Waals surface area (Å²) in [6.07, 6.45) is 6.33. The number of benzene rings is 1. The molecule has 1 aliphatic carbocycles.